The average Bonchev–Trinajstić information content (AvgIpc) is 2.58. The zero-order valence-electron chi connectivity index (χ0n) is 13.8. The zero-order valence-corrected chi connectivity index (χ0v) is 14.7. The molecule has 0 aliphatic rings. The van der Waals surface area contributed by atoms with Crippen molar-refractivity contribution in [3.8, 4) is 11.5 Å². The number of hydrogen-bond acceptors (Lipinski definition) is 6. The maximum atomic E-state index is 12.8. The van der Waals surface area contributed by atoms with Gasteiger partial charge in [-0.2, -0.15) is 0 Å². The van der Waals surface area contributed by atoms with Gasteiger partial charge in [0.2, 0.25) is 0 Å². The Balaban J connectivity index is 2.11. The summed E-state index contributed by atoms with van der Waals surface area (Å²) in [5.41, 5.74) is 0.637. The van der Waals surface area contributed by atoms with Crippen LogP contribution in [0.3, 0.4) is 0 Å². The maximum Gasteiger partial charge on any atom is 0.365 e. The van der Waals surface area contributed by atoms with Gasteiger partial charge >= 0.3 is 7.60 Å². The van der Waals surface area contributed by atoms with Gasteiger partial charge in [-0.05, 0) is 44.2 Å². The van der Waals surface area contributed by atoms with Gasteiger partial charge in [-0.3, -0.25) is 4.57 Å². The van der Waals surface area contributed by atoms with E-state index in [0.717, 1.165) is 5.75 Å². The summed E-state index contributed by atoms with van der Waals surface area (Å²) in [7, 11) is -3.56. The summed E-state index contributed by atoms with van der Waals surface area (Å²) < 4.78 is 28.9. The number of phenolic OH excluding ortho intramolecular Hbond substituents is 1. The molecule has 7 heteroatoms. The minimum Gasteiger partial charge on any atom is -0.507 e. The molecule has 0 saturated heterocycles. The summed E-state index contributed by atoms with van der Waals surface area (Å²) in [4.78, 5) is 0. The van der Waals surface area contributed by atoms with E-state index in [2.05, 4.69) is 5.32 Å². The van der Waals surface area contributed by atoms with Crippen LogP contribution in [-0.4, -0.2) is 25.1 Å². The summed E-state index contributed by atoms with van der Waals surface area (Å²) in [6, 6.07) is 14.0. The summed E-state index contributed by atoms with van der Waals surface area (Å²) >= 11 is 0. The van der Waals surface area contributed by atoms with Crippen LogP contribution < -0.4 is 15.4 Å². The Hall–Kier alpha value is -2.01. The molecule has 0 atom stereocenters. The Morgan fingerprint density at radius 1 is 1.04 bits per heavy atom. The van der Waals surface area contributed by atoms with Crippen molar-refractivity contribution in [2.75, 3.05) is 25.3 Å². The summed E-state index contributed by atoms with van der Waals surface area (Å²) in [5, 5.41) is 13.2. The lowest BCUT2D eigenvalue weighted by molar-refractivity contribution is 0.229. The first kappa shape index (κ1) is 18.3. The van der Waals surface area contributed by atoms with Crippen LogP contribution in [0.2, 0.25) is 0 Å². The third-order valence-corrected chi connectivity index (χ3v) is 5.27. The first-order valence-corrected chi connectivity index (χ1v) is 9.27. The van der Waals surface area contributed by atoms with E-state index in [4.69, 9.17) is 13.8 Å². The SMILES string of the molecule is CCOP(=O)(OCC)c1cc(NCOc2ccccc2)ccc1O. The molecule has 2 aromatic rings. The normalized spacial score (nSPS) is 11.2. The second-order valence-corrected chi connectivity index (χ2v) is 6.81. The lowest BCUT2D eigenvalue weighted by atomic mass is 10.3. The summed E-state index contributed by atoms with van der Waals surface area (Å²) in [6.45, 7) is 4.09. The molecular weight excluding hydrogens is 329 g/mol. The van der Waals surface area contributed by atoms with E-state index < -0.39 is 7.60 Å². The minimum atomic E-state index is -3.56. The molecular formula is C17H22NO5P. The molecule has 2 rings (SSSR count). The van der Waals surface area contributed by atoms with E-state index in [1.54, 1.807) is 26.0 Å². The highest BCUT2D eigenvalue weighted by Gasteiger charge is 2.30. The number of phenols is 1. The Labute approximate surface area is 141 Å². The molecule has 0 aromatic heterocycles. The molecule has 2 aromatic carbocycles. The largest absolute Gasteiger partial charge is 0.507 e. The molecule has 0 bridgehead atoms. The van der Waals surface area contributed by atoms with Crippen molar-refractivity contribution in [3.63, 3.8) is 0 Å². The van der Waals surface area contributed by atoms with Crippen LogP contribution in [0, 0.1) is 0 Å². The van der Waals surface area contributed by atoms with Gasteiger partial charge in [0.1, 0.15) is 16.8 Å². The molecule has 0 amide bonds. The number of hydrogen-bond donors (Lipinski definition) is 2. The van der Waals surface area contributed by atoms with Gasteiger partial charge in [-0.25, -0.2) is 0 Å². The van der Waals surface area contributed by atoms with Crippen molar-refractivity contribution in [3.05, 3.63) is 48.5 Å². The van der Waals surface area contributed by atoms with Crippen molar-refractivity contribution in [1.29, 1.82) is 0 Å². The van der Waals surface area contributed by atoms with E-state index in [1.807, 2.05) is 30.3 Å². The fourth-order valence-corrected chi connectivity index (χ4v) is 3.77. The Morgan fingerprint density at radius 3 is 2.33 bits per heavy atom. The number of benzene rings is 2. The van der Waals surface area contributed by atoms with Crippen LogP contribution in [0.1, 0.15) is 13.8 Å². The van der Waals surface area contributed by atoms with Gasteiger partial charge in [-0.15, -0.1) is 0 Å². The Kier molecular flexibility index (Phi) is 6.67. The van der Waals surface area contributed by atoms with Gasteiger partial charge in [0.15, 0.2) is 6.73 Å². The second kappa shape index (κ2) is 8.73. The van der Waals surface area contributed by atoms with Crippen LogP contribution in [0.5, 0.6) is 11.5 Å². The maximum absolute atomic E-state index is 12.8. The van der Waals surface area contributed by atoms with Crippen LogP contribution in [0.4, 0.5) is 5.69 Å². The van der Waals surface area contributed by atoms with Crippen LogP contribution >= 0.6 is 7.60 Å². The topological polar surface area (TPSA) is 77.0 Å². The molecule has 0 saturated carbocycles. The van der Waals surface area contributed by atoms with E-state index in [9.17, 15) is 9.67 Å². The summed E-state index contributed by atoms with van der Waals surface area (Å²) in [5.74, 6) is 0.605. The number of nitrogens with one attached hydrogen (secondary N) is 1. The third kappa shape index (κ3) is 4.74. The van der Waals surface area contributed by atoms with Gasteiger partial charge in [0.25, 0.3) is 0 Å². The fourth-order valence-electron chi connectivity index (χ4n) is 2.09. The third-order valence-electron chi connectivity index (χ3n) is 3.13. The molecule has 6 nitrogen and oxygen atoms in total. The predicted octanol–water partition coefficient (Wildman–Crippen LogP) is 3.73. The number of ether oxygens (including phenoxy) is 1. The number of aromatic hydroxyl groups is 1. The minimum absolute atomic E-state index is 0.130. The standard InChI is InChI=1S/C17H22NO5P/c1-3-22-24(20,23-4-2)17-12-14(10-11-16(17)19)18-13-21-15-8-6-5-7-9-15/h5-12,18-19H,3-4,13H2,1-2H3. The van der Waals surface area contributed by atoms with Crippen molar-refractivity contribution >= 4 is 18.6 Å². The van der Waals surface area contributed by atoms with Crippen molar-refractivity contribution in [2.45, 2.75) is 13.8 Å². The molecule has 130 valence electrons. The molecule has 24 heavy (non-hydrogen) atoms. The second-order valence-electron chi connectivity index (χ2n) is 4.82. The quantitative estimate of drug-likeness (QED) is 0.407. The molecule has 0 radical (unpaired) electrons. The molecule has 0 unspecified atom stereocenters. The molecule has 0 heterocycles. The molecule has 0 spiro atoms. The molecule has 0 aliphatic carbocycles. The van der Waals surface area contributed by atoms with Gasteiger partial charge in [0, 0.05) is 5.69 Å². The van der Waals surface area contributed by atoms with Crippen LogP contribution in [0.15, 0.2) is 48.5 Å². The van der Waals surface area contributed by atoms with Crippen LogP contribution in [-0.2, 0) is 13.6 Å². The predicted molar refractivity (Wildman–Crippen MR) is 94.2 cm³/mol. The molecule has 2 N–H and O–H groups in total. The highest BCUT2D eigenvalue weighted by molar-refractivity contribution is 7.62. The number of anilines is 1. The van der Waals surface area contributed by atoms with Crippen molar-refractivity contribution in [2.24, 2.45) is 0 Å². The van der Waals surface area contributed by atoms with Gasteiger partial charge in [-0.1, -0.05) is 18.2 Å². The highest BCUT2D eigenvalue weighted by atomic mass is 31.2. The van der Waals surface area contributed by atoms with Crippen LogP contribution in [0.25, 0.3) is 0 Å². The van der Waals surface area contributed by atoms with Gasteiger partial charge in [0.05, 0.1) is 13.2 Å². The fraction of sp³-hybridized carbons (Fsp3) is 0.294. The van der Waals surface area contributed by atoms with Crippen molar-refractivity contribution < 1.29 is 23.5 Å². The van der Waals surface area contributed by atoms with E-state index in [-0.39, 0.29) is 31.0 Å². The van der Waals surface area contributed by atoms with E-state index >= 15 is 0 Å². The number of para-hydroxylation sites is 1. The van der Waals surface area contributed by atoms with Crippen molar-refractivity contribution in [1.82, 2.24) is 0 Å². The molecule has 0 aliphatic heterocycles. The first-order chi connectivity index (χ1) is 11.6. The monoisotopic (exact) mass is 351 g/mol. The smallest absolute Gasteiger partial charge is 0.365 e. The first-order valence-electron chi connectivity index (χ1n) is 7.73. The Bertz CT molecular complexity index is 683. The van der Waals surface area contributed by atoms with Gasteiger partial charge < -0.3 is 24.2 Å². The highest BCUT2D eigenvalue weighted by Crippen LogP contribution is 2.49. The lowest BCUT2D eigenvalue weighted by Gasteiger charge is -2.19. The molecule has 0 fully saturated rings. The van der Waals surface area contributed by atoms with E-state index in [1.165, 1.54) is 6.07 Å². The lowest BCUT2D eigenvalue weighted by Crippen LogP contribution is -2.14. The zero-order chi connectivity index (χ0) is 17.4. The number of rotatable bonds is 9. The van der Waals surface area contributed by atoms with E-state index in [0.29, 0.717) is 5.69 Å². The summed E-state index contributed by atoms with van der Waals surface area (Å²) in [6.07, 6.45) is 0. The average molecular weight is 351 g/mol. The Morgan fingerprint density at radius 2 is 1.71 bits per heavy atom.